The Bertz CT molecular complexity index is 400. The van der Waals surface area contributed by atoms with Gasteiger partial charge in [-0.3, -0.25) is 0 Å². The van der Waals surface area contributed by atoms with Crippen LogP contribution >= 0.6 is 0 Å². The van der Waals surface area contributed by atoms with E-state index < -0.39 is 0 Å². The Kier molecular flexibility index (Phi) is 5.44. The van der Waals surface area contributed by atoms with E-state index >= 15 is 0 Å². The van der Waals surface area contributed by atoms with E-state index in [9.17, 15) is 0 Å². The van der Waals surface area contributed by atoms with Gasteiger partial charge in [-0.25, -0.2) is 0 Å². The zero-order valence-corrected chi connectivity index (χ0v) is 12.9. The Balaban J connectivity index is 1.65. The Labute approximate surface area is 122 Å². The molecule has 1 atom stereocenters. The number of rotatable bonds is 6. The van der Waals surface area contributed by atoms with Crippen LogP contribution in [0.5, 0.6) is 5.75 Å². The van der Waals surface area contributed by atoms with Crippen molar-refractivity contribution in [3.63, 3.8) is 0 Å². The summed E-state index contributed by atoms with van der Waals surface area (Å²) in [5, 5.41) is 3.53. The van der Waals surface area contributed by atoms with Crippen molar-refractivity contribution in [3.8, 4) is 5.75 Å². The van der Waals surface area contributed by atoms with E-state index in [0.717, 1.165) is 31.4 Å². The SMILES string of the molecule is COc1ccc(CNCC[C@@H]2CCOC(C)(C)C2)cc1. The van der Waals surface area contributed by atoms with Crippen molar-refractivity contribution in [1.82, 2.24) is 5.32 Å². The van der Waals surface area contributed by atoms with Crippen molar-refractivity contribution >= 4 is 0 Å². The lowest BCUT2D eigenvalue weighted by Gasteiger charge is -2.35. The minimum Gasteiger partial charge on any atom is -0.497 e. The second-order valence-electron chi connectivity index (χ2n) is 6.28. The molecule has 1 aliphatic rings. The smallest absolute Gasteiger partial charge is 0.118 e. The molecule has 3 nitrogen and oxygen atoms in total. The molecule has 1 fully saturated rings. The van der Waals surface area contributed by atoms with E-state index in [4.69, 9.17) is 9.47 Å². The summed E-state index contributed by atoms with van der Waals surface area (Å²) in [6.07, 6.45) is 3.62. The number of hydrogen-bond donors (Lipinski definition) is 1. The summed E-state index contributed by atoms with van der Waals surface area (Å²) < 4.78 is 10.9. The van der Waals surface area contributed by atoms with Crippen molar-refractivity contribution in [2.45, 2.75) is 45.3 Å². The average Bonchev–Trinajstić information content (AvgIpc) is 2.43. The van der Waals surface area contributed by atoms with Gasteiger partial charge in [0.25, 0.3) is 0 Å². The van der Waals surface area contributed by atoms with Gasteiger partial charge in [0.15, 0.2) is 0 Å². The van der Waals surface area contributed by atoms with Gasteiger partial charge >= 0.3 is 0 Å². The monoisotopic (exact) mass is 277 g/mol. The molecular weight excluding hydrogens is 250 g/mol. The van der Waals surface area contributed by atoms with Crippen LogP contribution in [-0.4, -0.2) is 25.9 Å². The first-order valence-corrected chi connectivity index (χ1v) is 7.57. The molecule has 0 unspecified atom stereocenters. The Hall–Kier alpha value is -1.06. The molecule has 1 aliphatic heterocycles. The van der Waals surface area contributed by atoms with Crippen LogP contribution in [0.3, 0.4) is 0 Å². The van der Waals surface area contributed by atoms with Gasteiger partial charge in [0.2, 0.25) is 0 Å². The first-order valence-electron chi connectivity index (χ1n) is 7.57. The summed E-state index contributed by atoms with van der Waals surface area (Å²) in [5.41, 5.74) is 1.37. The topological polar surface area (TPSA) is 30.5 Å². The Morgan fingerprint density at radius 1 is 1.30 bits per heavy atom. The van der Waals surface area contributed by atoms with Crippen molar-refractivity contribution < 1.29 is 9.47 Å². The highest BCUT2D eigenvalue weighted by Crippen LogP contribution is 2.30. The quantitative estimate of drug-likeness (QED) is 0.809. The van der Waals surface area contributed by atoms with Crippen LogP contribution in [0.4, 0.5) is 0 Å². The van der Waals surface area contributed by atoms with Crippen LogP contribution < -0.4 is 10.1 Å². The van der Waals surface area contributed by atoms with Crippen molar-refractivity contribution in [2.75, 3.05) is 20.3 Å². The third-order valence-corrected chi connectivity index (χ3v) is 4.02. The number of hydrogen-bond acceptors (Lipinski definition) is 3. The van der Waals surface area contributed by atoms with Gasteiger partial charge in [-0.15, -0.1) is 0 Å². The fourth-order valence-electron chi connectivity index (χ4n) is 2.89. The molecule has 0 bridgehead atoms. The lowest BCUT2D eigenvalue weighted by molar-refractivity contribution is -0.0733. The predicted octanol–water partition coefficient (Wildman–Crippen LogP) is 3.38. The molecule has 1 N–H and O–H groups in total. The van der Waals surface area contributed by atoms with E-state index in [-0.39, 0.29) is 5.60 Å². The predicted molar refractivity (Wildman–Crippen MR) is 82.1 cm³/mol. The summed E-state index contributed by atoms with van der Waals surface area (Å²) in [7, 11) is 1.70. The van der Waals surface area contributed by atoms with Gasteiger partial charge < -0.3 is 14.8 Å². The lowest BCUT2D eigenvalue weighted by atomic mass is 9.86. The molecule has 1 aromatic carbocycles. The fourth-order valence-corrected chi connectivity index (χ4v) is 2.89. The second kappa shape index (κ2) is 7.09. The number of nitrogens with one attached hydrogen (secondary N) is 1. The molecule has 2 rings (SSSR count). The molecule has 1 aromatic rings. The van der Waals surface area contributed by atoms with Crippen LogP contribution in [0.25, 0.3) is 0 Å². The molecule has 0 aromatic heterocycles. The van der Waals surface area contributed by atoms with Crippen molar-refractivity contribution in [1.29, 1.82) is 0 Å². The number of ether oxygens (including phenoxy) is 2. The summed E-state index contributed by atoms with van der Waals surface area (Å²) in [6, 6.07) is 8.25. The Morgan fingerprint density at radius 2 is 2.05 bits per heavy atom. The zero-order valence-electron chi connectivity index (χ0n) is 12.9. The minimum atomic E-state index is 0.0684. The summed E-state index contributed by atoms with van der Waals surface area (Å²) in [5.74, 6) is 1.71. The Morgan fingerprint density at radius 3 is 2.70 bits per heavy atom. The van der Waals surface area contributed by atoms with E-state index in [1.807, 2.05) is 12.1 Å². The van der Waals surface area contributed by atoms with E-state index in [0.29, 0.717) is 0 Å². The molecule has 0 spiro atoms. The zero-order chi connectivity index (χ0) is 14.4. The van der Waals surface area contributed by atoms with Crippen LogP contribution in [0.2, 0.25) is 0 Å². The van der Waals surface area contributed by atoms with Gasteiger partial charge in [-0.05, 0) is 63.3 Å². The van der Waals surface area contributed by atoms with Gasteiger partial charge in [0.05, 0.1) is 12.7 Å². The minimum absolute atomic E-state index is 0.0684. The highest BCUT2D eigenvalue weighted by molar-refractivity contribution is 5.26. The molecule has 3 heteroatoms. The molecular formula is C17H27NO2. The van der Waals surface area contributed by atoms with Crippen molar-refractivity contribution in [3.05, 3.63) is 29.8 Å². The molecule has 0 aliphatic carbocycles. The lowest BCUT2D eigenvalue weighted by Crippen LogP contribution is -2.35. The maximum absolute atomic E-state index is 5.76. The van der Waals surface area contributed by atoms with Gasteiger partial charge in [0.1, 0.15) is 5.75 Å². The highest BCUT2D eigenvalue weighted by Gasteiger charge is 2.28. The largest absolute Gasteiger partial charge is 0.497 e. The van der Waals surface area contributed by atoms with Crippen molar-refractivity contribution in [2.24, 2.45) is 5.92 Å². The molecule has 112 valence electrons. The molecule has 0 amide bonds. The molecule has 20 heavy (non-hydrogen) atoms. The van der Waals surface area contributed by atoms with Gasteiger partial charge in [-0.1, -0.05) is 12.1 Å². The second-order valence-corrected chi connectivity index (χ2v) is 6.28. The van der Waals surface area contributed by atoms with E-state index in [1.54, 1.807) is 7.11 Å². The van der Waals surface area contributed by atoms with E-state index in [2.05, 4.69) is 31.3 Å². The third kappa shape index (κ3) is 4.80. The first-order chi connectivity index (χ1) is 9.59. The number of benzene rings is 1. The van der Waals surface area contributed by atoms with Crippen LogP contribution in [0, 0.1) is 5.92 Å². The first kappa shape index (κ1) is 15.3. The standard InChI is InChI=1S/C17H27NO2/c1-17(2)12-14(9-11-20-17)8-10-18-13-15-4-6-16(19-3)7-5-15/h4-7,14,18H,8-13H2,1-3H3/t14-/m1/s1. The van der Waals surface area contributed by atoms with Crippen LogP contribution in [-0.2, 0) is 11.3 Å². The van der Waals surface area contributed by atoms with Gasteiger partial charge in [-0.2, -0.15) is 0 Å². The molecule has 0 radical (unpaired) electrons. The maximum atomic E-state index is 5.76. The number of methoxy groups -OCH3 is 1. The third-order valence-electron chi connectivity index (χ3n) is 4.02. The van der Waals surface area contributed by atoms with Crippen LogP contribution in [0.1, 0.15) is 38.7 Å². The van der Waals surface area contributed by atoms with E-state index in [1.165, 1.54) is 24.8 Å². The molecule has 1 heterocycles. The summed E-state index contributed by atoms with van der Waals surface area (Å²) in [6.45, 7) is 7.31. The summed E-state index contributed by atoms with van der Waals surface area (Å²) in [4.78, 5) is 0. The molecule has 1 saturated heterocycles. The molecule has 0 saturated carbocycles. The fraction of sp³-hybridized carbons (Fsp3) is 0.647. The average molecular weight is 277 g/mol. The normalized spacial score (nSPS) is 21.6. The van der Waals surface area contributed by atoms with Crippen LogP contribution in [0.15, 0.2) is 24.3 Å². The highest BCUT2D eigenvalue weighted by atomic mass is 16.5. The maximum Gasteiger partial charge on any atom is 0.118 e. The summed E-state index contributed by atoms with van der Waals surface area (Å²) >= 11 is 0. The van der Waals surface area contributed by atoms with Gasteiger partial charge in [0, 0.05) is 13.2 Å².